The van der Waals surface area contributed by atoms with Gasteiger partial charge in [-0.1, -0.05) is 18.2 Å². The number of nitrogens with one attached hydrogen (secondary N) is 1. The molecule has 1 aromatic heterocycles. The summed E-state index contributed by atoms with van der Waals surface area (Å²) in [7, 11) is 3.57. The van der Waals surface area contributed by atoms with Gasteiger partial charge in [-0.2, -0.15) is 0 Å². The number of benzene rings is 1. The summed E-state index contributed by atoms with van der Waals surface area (Å²) in [6, 6.07) is 8.60. The van der Waals surface area contributed by atoms with Gasteiger partial charge in [0.25, 0.3) is 5.91 Å². The van der Waals surface area contributed by atoms with E-state index in [1.807, 2.05) is 42.3 Å². The fourth-order valence-electron chi connectivity index (χ4n) is 3.62. The Morgan fingerprint density at radius 3 is 2.78 bits per heavy atom. The molecule has 4 atom stereocenters. The van der Waals surface area contributed by atoms with Gasteiger partial charge in [0.2, 0.25) is 0 Å². The molecular formula is C19H26N4O4. The van der Waals surface area contributed by atoms with Crippen molar-refractivity contribution in [3.8, 4) is 5.75 Å². The quantitative estimate of drug-likeness (QED) is 0.632. The zero-order valence-electron chi connectivity index (χ0n) is 15.5. The third kappa shape index (κ3) is 4.29. The molecule has 1 heterocycles. The van der Waals surface area contributed by atoms with Crippen molar-refractivity contribution < 1.29 is 19.7 Å². The van der Waals surface area contributed by atoms with Crippen LogP contribution in [0, 0.1) is 0 Å². The summed E-state index contributed by atoms with van der Waals surface area (Å²) in [6.45, 7) is 0.351. The van der Waals surface area contributed by atoms with Crippen LogP contribution in [0.4, 0.5) is 0 Å². The van der Waals surface area contributed by atoms with Gasteiger partial charge in [0.15, 0.2) is 0 Å². The number of aliphatic hydroxyl groups excluding tert-OH is 2. The molecule has 1 saturated carbocycles. The van der Waals surface area contributed by atoms with Gasteiger partial charge in [-0.05, 0) is 19.2 Å². The number of nitrogens with zero attached hydrogens (tertiary/aromatic N) is 3. The first-order chi connectivity index (χ1) is 13.0. The highest BCUT2D eigenvalue weighted by molar-refractivity contribution is 5.92. The Bertz CT molecular complexity index is 751. The topological polar surface area (TPSA) is 99.8 Å². The Kier molecular flexibility index (Phi) is 6.10. The highest BCUT2D eigenvalue weighted by Gasteiger charge is 2.46. The molecule has 0 spiro atoms. The van der Waals surface area contributed by atoms with E-state index in [1.165, 1.54) is 6.20 Å². The van der Waals surface area contributed by atoms with Crippen LogP contribution in [0.3, 0.4) is 0 Å². The zero-order chi connectivity index (χ0) is 19.4. The van der Waals surface area contributed by atoms with Gasteiger partial charge in [-0.3, -0.25) is 9.69 Å². The lowest BCUT2D eigenvalue weighted by Gasteiger charge is -2.31. The first-order valence-electron chi connectivity index (χ1n) is 8.99. The number of carbonyl (C=O) groups excluding carboxylic acids is 1. The monoisotopic (exact) mass is 374 g/mol. The molecule has 1 amide bonds. The predicted octanol–water partition coefficient (Wildman–Crippen LogP) is 0.0234. The molecule has 1 fully saturated rings. The number of para-hydroxylation sites is 1. The van der Waals surface area contributed by atoms with Crippen LogP contribution >= 0.6 is 0 Å². The van der Waals surface area contributed by atoms with Crippen molar-refractivity contribution in [1.82, 2.24) is 19.8 Å². The lowest BCUT2D eigenvalue weighted by Crippen LogP contribution is -2.52. The van der Waals surface area contributed by atoms with Crippen molar-refractivity contribution in [2.75, 3.05) is 20.2 Å². The van der Waals surface area contributed by atoms with Crippen LogP contribution in [-0.2, 0) is 7.05 Å². The number of aryl methyl sites for hydroxylation is 1. The molecular weight excluding hydrogens is 348 g/mol. The average Bonchev–Trinajstić information content (AvgIpc) is 3.20. The molecule has 27 heavy (non-hydrogen) atoms. The normalized spacial score (nSPS) is 24.9. The molecule has 8 nitrogen and oxygen atoms in total. The van der Waals surface area contributed by atoms with Crippen LogP contribution in [0.25, 0.3) is 0 Å². The Morgan fingerprint density at radius 1 is 1.41 bits per heavy atom. The molecule has 1 aromatic carbocycles. The highest BCUT2D eigenvalue weighted by atomic mass is 16.5. The van der Waals surface area contributed by atoms with Gasteiger partial charge in [0.05, 0.1) is 31.2 Å². The molecule has 0 aliphatic heterocycles. The van der Waals surface area contributed by atoms with Crippen LogP contribution in [0.5, 0.6) is 5.75 Å². The number of likely N-dealkylation sites (N-methyl/N-ethyl adjacent to an activating group) is 1. The molecule has 3 rings (SSSR count). The number of hydrogen-bond acceptors (Lipinski definition) is 6. The Hall–Kier alpha value is -2.42. The van der Waals surface area contributed by atoms with E-state index in [4.69, 9.17) is 4.74 Å². The second-order valence-corrected chi connectivity index (χ2v) is 6.86. The molecule has 146 valence electrons. The van der Waals surface area contributed by atoms with E-state index in [1.54, 1.807) is 17.9 Å². The number of hydrogen-bond donors (Lipinski definition) is 3. The van der Waals surface area contributed by atoms with Crippen molar-refractivity contribution >= 4 is 5.91 Å². The second kappa shape index (κ2) is 8.51. The highest BCUT2D eigenvalue weighted by Crippen LogP contribution is 2.29. The average molecular weight is 374 g/mol. The number of carbonyl (C=O) groups is 1. The van der Waals surface area contributed by atoms with Crippen molar-refractivity contribution in [3.05, 3.63) is 48.5 Å². The van der Waals surface area contributed by atoms with Crippen LogP contribution in [0.15, 0.2) is 42.9 Å². The smallest absolute Gasteiger partial charge is 0.269 e. The molecule has 0 unspecified atom stereocenters. The number of ether oxygens (including phenoxy) is 1. The van der Waals surface area contributed by atoms with Crippen molar-refractivity contribution in [1.29, 1.82) is 0 Å². The molecule has 1 aliphatic rings. The largest absolute Gasteiger partial charge is 0.488 e. The number of aliphatic hydroxyl groups is 2. The maximum Gasteiger partial charge on any atom is 0.269 e. The molecule has 8 heteroatoms. The summed E-state index contributed by atoms with van der Waals surface area (Å²) >= 11 is 0. The first-order valence-corrected chi connectivity index (χ1v) is 8.99. The van der Waals surface area contributed by atoms with E-state index in [2.05, 4.69) is 10.3 Å². The number of amides is 1. The third-order valence-electron chi connectivity index (χ3n) is 4.99. The van der Waals surface area contributed by atoms with Crippen molar-refractivity contribution in [2.45, 2.75) is 30.7 Å². The Labute approximate surface area is 158 Å². The van der Waals surface area contributed by atoms with Gasteiger partial charge in [-0.15, -0.1) is 0 Å². The Morgan fingerprint density at radius 2 is 2.15 bits per heavy atom. The molecule has 1 aliphatic carbocycles. The Balaban J connectivity index is 1.76. The lowest BCUT2D eigenvalue weighted by atomic mass is 10.1. The van der Waals surface area contributed by atoms with Crippen LogP contribution in [0.1, 0.15) is 16.9 Å². The van der Waals surface area contributed by atoms with Crippen LogP contribution in [-0.4, -0.2) is 75.1 Å². The lowest BCUT2D eigenvalue weighted by molar-refractivity contribution is 0.0110. The summed E-state index contributed by atoms with van der Waals surface area (Å²) < 4.78 is 7.61. The summed E-state index contributed by atoms with van der Waals surface area (Å²) in [5.74, 6) is 0.415. The summed E-state index contributed by atoms with van der Waals surface area (Å²) in [4.78, 5) is 18.4. The maximum atomic E-state index is 12.6. The fourth-order valence-corrected chi connectivity index (χ4v) is 3.62. The molecule has 3 N–H and O–H groups in total. The molecule has 2 aromatic rings. The fraction of sp³-hybridized carbons (Fsp3) is 0.474. The number of rotatable bonds is 7. The van der Waals surface area contributed by atoms with Gasteiger partial charge in [0.1, 0.15) is 23.7 Å². The number of imidazole rings is 1. The zero-order valence-corrected chi connectivity index (χ0v) is 15.5. The number of aromatic nitrogens is 2. The SMILES string of the molecule is CN(CCO)[C@@H]1[C@@H](O)[C@H](Oc2ccccc2)C[C@H]1NC(=O)c1cncn1C. The maximum absolute atomic E-state index is 12.6. The van der Waals surface area contributed by atoms with Gasteiger partial charge < -0.3 is 24.8 Å². The van der Waals surface area contributed by atoms with Crippen molar-refractivity contribution in [3.63, 3.8) is 0 Å². The minimum absolute atomic E-state index is 0.0354. The summed E-state index contributed by atoms with van der Waals surface area (Å²) in [5.41, 5.74) is 0.445. The second-order valence-electron chi connectivity index (χ2n) is 6.86. The van der Waals surface area contributed by atoms with E-state index in [9.17, 15) is 15.0 Å². The standard InChI is InChI=1S/C19H26N4O4/c1-22(8-9-24)17-14(21-19(26)15-11-20-12-23(15)2)10-16(18(17)25)27-13-6-4-3-5-7-13/h3-7,11-12,14,16-18,24-25H,8-10H2,1-2H3,(H,21,26)/t14-,16-,17+,18+/m1/s1. The molecule has 0 bridgehead atoms. The van der Waals surface area contributed by atoms with Crippen LogP contribution in [0.2, 0.25) is 0 Å². The van der Waals surface area contributed by atoms with Gasteiger partial charge >= 0.3 is 0 Å². The van der Waals surface area contributed by atoms with E-state index < -0.39 is 12.2 Å². The minimum Gasteiger partial charge on any atom is -0.488 e. The van der Waals surface area contributed by atoms with Gasteiger partial charge in [0, 0.05) is 20.0 Å². The summed E-state index contributed by atoms with van der Waals surface area (Å²) in [5, 5.41) is 23.1. The predicted molar refractivity (Wildman–Crippen MR) is 99.4 cm³/mol. The van der Waals surface area contributed by atoms with Gasteiger partial charge in [-0.25, -0.2) is 4.98 Å². The van der Waals surface area contributed by atoms with E-state index in [0.29, 0.717) is 24.4 Å². The first kappa shape index (κ1) is 19.3. The summed E-state index contributed by atoms with van der Waals surface area (Å²) in [6.07, 6.45) is 2.26. The molecule has 0 radical (unpaired) electrons. The third-order valence-corrected chi connectivity index (χ3v) is 4.99. The van der Waals surface area contributed by atoms with Crippen LogP contribution < -0.4 is 10.1 Å². The molecule has 0 saturated heterocycles. The minimum atomic E-state index is -0.807. The van der Waals surface area contributed by atoms with Crippen molar-refractivity contribution in [2.24, 2.45) is 7.05 Å². The van der Waals surface area contributed by atoms with E-state index in [0.717, 1.165) is 0 Å². The van der Waals surface area contributed by atoms with E-state index >= 15 is 0 Å². The van der Waals surface area contributed by atoms with E-state index in [-0.39, 0.29) is 24.6 Å².